The first kappa shape index (κ1) is 29.6. The molecular formula is C48H35BN2. The van der Waals surface area contributed by atoms with Crippen molar-refractivity contribution in [2.24, 2.45) is 0 Å². The quantitative estimate of drug-likeness (QED) is 0.171. The Labute approximate surface area is 300 Å². The maximum Gasteiger partial charge on any atom is 0.252 e. The lowest BCUT2D eigenvalue weighted by molar-refractivity contribution is 1.04. The predicted molar refractivity (Wildman–Crippen MR) is 218 cm³/mol. The number of benzene rings is 7. The van der Waals surface area contributed by atoms with Crippen molar-refractivity contribution in [1.82, 2.24) is 0 Å². The Morgan fingerprint density at radius 2 is 0.863 bits per heavy atom. The van der Waals surface area contributed by atoms with E-state index in [1.165, 1.54) is 72.5 Å². The molecule has 3 aliphatic rings. The minimum Gasteiger partial charge on any atom is -0.311 e. The van der Waals surface area contributed by atoms with E-state index in [2.05, 4.69) is 198 Å². The third kappa shape index (κ3) is 4.96. The Bertz CT molecular complexity index is 2470. The Morgan fingerprint density at radius 1 is 0.392 bits per heavy atom. The van der Waals surface area contributed by atoms with Gasteiger partial charge in [0.15, 0.2) is 0 Å². The summed E-state index contributed by atoms with van der Waals surface area (Å²) in [4.78, 5) is 5.02. The van der Waals surface area contributed by atoms with Crippen molar-refractivity contribution < 1.29 is 0 Å². The highest BCUT2D eigenvalue weighted by molar-refractivity contribution is 7.00. The Balaban J connectivity index is 1.31. The van der Waals surface area contributed by atoms with Gasteiger partial charge in [-0.1, -0.05) is 140 Å². The van der Waals surface area contributed by atoms with Gasteiger partial charge in [-0.25, -0.2) is 0 Å². The molecule has 240 valence electrons. The average molecular weight is 651 g/mol. The normalized spacial score (nSPS) is 14.0. The standard InChI is InChI=1S/C48H35BN2/c1-6-16-34(17-7-1)37-26-28-42-44(30-37)50(40-22-12-4-13-23-40)46-32-39(36-20-10-3-11-21-36)33-47-48(46)49(42)43-29-27-38(35-18-8-2-9-19-35)31-45(43)51(47)41-24-14-5-15-25-41/h1,3-8,10-33H,2,9H2. The number of anilines is 6. The molecule has 0 radical (unpaired) electrons. The van der Waals surface area contributed by atoms with Gasteiger partial charge < -0.3 is 9.80 Å². The number of hydrogen-bond donors (Lipinski definition) is 0. The van der Waals surface area contributed by atoms with E-state index in [-0.39, 0.29) is 6.71 Å². The molecule has 0 amide bonds. The van der Waals surface area contributed by atoms with Crippen LogP contribution < -0.4 is 26.2 Å². The second kappa shape index (κ2) is 12.2. The Morgan fingerprint density at radius 3 is 1.39 bits per heavy atom. The van der Waals surface area contributed by atoms with Crippen molar-refractivity contribution in [3.63, 3.8) is 0 Å². The van der Waals surface area contributed by atoms with Gasteiger partial charge in [-0.15, -0.1) is 0 Å². The first-order valence-corrected chi connectivity index (χ1v) is 18.0. The summed E-state index contributed by atoms with van der Waals surface area (Å²) >= 11 is 0. The van der Waals surface area contributed by atoms with Crippen LogP contribution in [0.25, 0.3) is 27.8 Å². The van der Waals surface area contributed by atoms with Gasteiger partial charge in [0.05, 0.1) is 0 Å². The highest BCUT2D eigenvalue weighted by Gasteiger charge is 2.43. The third-order valence-electron chi connectivity index (χ3n) is 10.6. The summed E-state index contributed by atoms with van der Waals surface area (Å²) in [5, 5.41) is 0. The van der Waals surface area contributed by atoms with Gasteiger partial charge in [-0.3, -0.25) is 0 Å². The Kier molecular flexibility index (Phi) is 7.09. The number of rotatable bonds is 5. The molecule has 7 aromatic carbocycles. The minimum atomic E-state index is 0.0551. The SMILES string of the molecule is C1=CC(c2ccc3c(c2)N(c2ccccc2)c2cc(-c4ccccc4)cc4c2B3c2ccc(-c3ccccc3)cc2N4c2ccccc2)=CCC1. The zero-order valence-electron chi connectivity index (χ0n) is 28.3. The van der Waals surface area contributed by atoms with E-state index in [4.69, 9.17) is 0 Å². The molecule has 1 aliphatic carbocycles. The van der Waals surface area contributed by atoms with E-state index < -0.39 is 0 Å². The number of fused-ring (bicyclic) bond motifs is 4. The van der Waals surface area contributed by atoms with Crippen LogP contribution in [-0.2, 0) is 0 Å². The van der Waals surface area contributed by atoms with Crippen LogP contribution in [0.3, 0.4) is 0 Å². The lowest BCUT2D eigenvalue weighted by Gasteiger charge is -2.44. The summed E-state index contributed by atoms with van der Waals surface area (Å²) in [6, 6.07) is 62.5. The Hall–Kier alpha value is -6.32. The highest BCUT2D eigenvalue weighted by atomic mass is 15.2. The van der Waals surface area contributed by atoms with Gasteiger partial charge in [-0.05, 0) is 111 Å². The van der Waals surface area contributed by atoms with Crippen LogP contribution in [0, 0.1) is 0 Å². The number of para-hydroxylation sites is 2. The first-order chi connectivity index (χ1) is 25.3. The summed E-state index contributed by atoms with van der Waals surface area (Å²) < 4.78 is 0. The monoisotopic (exact) mass is 650 g/mol. The molecule has 7 aromatic rings. The second-order valence-corrected chi connectivity index (χ2v) is 13.6. The van der Waals surface area contributed by atoms with Crippen LogP contribution in [0.15, 0.2) is 188 Å². The summed E-state index contributed by atoms with van der Waals surface area (Å²) in [5.41, 5.74) is 18.6. The molecule has 0 fully saturated rings. The van der Waals surface area contributed by atoms with E-state index in [1.807, 2.05) is 0 Å². The third-order valence-corrected chi connectivity index (χ3v) is 10.6. The van der Waals surface area contributed by atoms with Crippen LogP contribution in [0.2, 0.25) is 0 Å². The van der Waals surface area contributed by atoms with Gasteiger partial charge >= 0.3 is 0 Å². The lowest BCUT2D eigenvalue weighted by Crippen LogP contribution is -2.61. The van der Waals surface area contributed by atoms with Crippen molar-refractivity contribution in [3.8, 4) is 22.3 Å². The van der Waals surface area contributed by atoms with E-state index in [9.17, 15) is 0 Å². The molecule has 2 heterocycles. The smallest absolute Gasteiger partial charge is 0.252 e. The van der Waals surface area contributed by atoms with E-state index >= 15 is 0 Å². The minimum absolute atomic E-state index is 0.0551. The molecule has 0 saturated heterocycles. The summed E-state index contributed by atoms with van der Waals surface area (Å²) in [6.45, 7) is 0.0551. The first-order valence-electron chi connectivity index (χ1n) is 18.0. The van der Waals surface area contributed by atoms with Gasteiger partial charge in [0.2, 0.25) is 0 Å². The highest BCUT2D eigenvalue weighted by Crippen LogP contribution is 2.47. The fourth-order valence-electron chi connectivity index (χ4n) is 8.31. The van der Waals surface area contributed by atoms with Crippen LogP contribution in [-0.4, -0.2) is 6.71 Å². The summed E-state index contributed by atoms with van der Waals surface area (Å²) in [7, 11) is 0. The largest absolute Gasteiger partial charge is 0.311 e. The van der Waals surface area contributed by atoms with Crippen LogP contribution in [0.4, 0.5) is 34.1 Å². The predicted octanol–water partition coefficient (Wildman–Crippen LogP) is 10.8. The van der Waals surface area contributed by atoms with Gasteiger partial charge in [-0.2, -0.15) is 0 Å². The molecule has 0 aromatic heterocycles. The van der Waals surface area contributed by atoms with Gasteiger partial charge in [0, 0.05) is 34.1 Å². The van der Waals surface area contributed by atoms with Crippen molar-refractivity contribution in [3.05, 3.63) is 194 Å². The molecule has 0 bridgehead atoms. The van der Waals surface area contributed by atoms with Gasteiger partial charge in [0.1, 0.15) is 0 Å². The van der Waals surface area contributed by atoms with Crippen molar-refractivity contribution >= 4 is 62.8 Å². The van der Waals surface area contributed by atoms with E-state index in [0.29, 0.717) is 0 Å². The molecule has 0 saturated carbocycles. The number of hydrogen-bond acceptors (Lipinski definition) is 2. The van der Waals surface area contributed by atoms with Crippen LogP contribution in [0.5, 0.6) is 0 Å². The zero-order valence-corrected chi connectivity index (χ0v) is 28.3. The molecule has 3 heteroatoms. The zero-order chi connectivity index (χ0) is 33.7. The van der Waals surface area contributed by atoms with Crippen molar-refractivity contribution in [2.75, 3.05) is 9.80 Å². The fourth-order valence-corrected chi connectivity index (χ4v) is 8.31. The van der Waals surface area contributed by atoms with E-state index in [0.717, 1.165) is 24.2 Å². The topological polar surface area (TPSA) is 6.48 Å². The molecular weight excluding hydrogens is 615 g/mol. The molecule has 2 aliphatic heterocycles. The molecule has 0 atom stereocenters. The van der Waals surface area contributed by atoms with Crippen LogP contribution in [0.1, 0.15) is 18.4 Å². The lowest BCUT2D eigenvalue weighted by atomic mass is 9.33. The van der Waals surface area contributed by atoms with Crippen molar-refractivity contribution in [2.45, 2.75) is 12.8 Å². The molecule has 51 heavy (non-hydrogen) atoms. The summed E-state index contributed by atoms with van der Waals surface area (Å²) in [6.07, 6.45) is 9.16. The van der Waals surface area contributed by atoms with E-state index in [1.54, 1.807) is 0 Å². The molecule has 0 spiro atoms. The van der Waals surface area contributed by atoms with Crippen LogP contribution >= 0.6 is 0 Å². The molecule has 0 N–H and O–H groups in total. The maximum atomic E-state index is 2.51. The molecule has 2 nitrogen and oxygen atoms in total. The van der Waals surface area contributed by atoms with Gasteiger partial charge in [0.25, 0.3) is 6.71 Å². The molecule has 0 unspecified atom stereocenters. The molecule has 10 rings (SSSR count). The number of allylic oxidation sites excluding steroid dienone is 4. The fraction of sp³-hybridized carbons (Fsp3) is 0.0417. The second-order valence-electron chi connectivity index (χ2n) is 13.6. The maximum absolute atomic E-state index is 2.51. The number of nitrogens with zero attached hydrogens (tertiary/aromatic N) is 2. The van der Waals surface area contributed by atoms with Crippen molar-refractivity contribution in [1.29, 1.82) is 0 Å². The summed E-state index contributed by atoms with van der Waals surface area (Å²) in [5.74, 6) is 0. The average Bonchev–Trinajstić information content (AvgIpc) is 3.21.